The third kappa shape index (κ3) is 3.94. The zero-order chi connectivity index (χ0) is 20.1. The van der Waals surface area contributed by atoms with Crippen molar-refractivity contribution < 1.29 is 12.8 Å². The van der Waals surface area contributed by atoms with Gasteiger partial charge in [0.25, 0.3) is 0 Å². The Bertz CT molecular complexity index is 1190. The summed E-state index contributed by atoms with van der Waals surface area (Å²) in [4.78, 5) is 0.209. The van der Waals surface area contributed by atoms with Crippen LogP contribution in [-0.2, 0) is 16.8 Å². The van der Waals surface area contributed by atoms with Crippen molar-refractivity contribution in [3.8, 4) is 0 Å². The third-order valence-corrected chi connectivity index (χ3v) is 5.36. The molecule has 0 saturated heterocycles. The first-order valence-corrected chi connectivity index (χ1v) is 10.2. The Labute approximate surface area is 166 Å². The molecule has 5 heteroatoms. The summed E-state index contributed by atoms with van der Waals surface area (Å²) in [6, 6.07) is 21.4. The van der Waals surface area contributed by atoms with Gasteiger partial charge in [0.15, 0.2) is 0 Å². The molecule has 0 atom stereocenters. The predicted molar refractivity (Wildman–Crippen MR) is 114 cm³/mol. The van der Waals surface area contributed by atoms with Gasteiger partial charge in [-0.15, -0.1) is 0 Å². The SMILES string of the molecule is CCn1c(C)c(C(c2ccco2)=S(=O)=O)c2ccccc21.Cc1ccccc1. The summed E-state index contributed by atoms with van der Waals surface area (Å²) >= 11 is 0. The van der Waals surface area contributed by atoms with Crippen LogP contribution in [-0.4, -0.2) is 17.8 Å². The molecule has 0 unspecified atom stereocenters. The van der Waals surface area contributed by atoms with Gasteiger partial charge in [-0.3, -0.25) is 0 Å². The average Bonchev–Trinajstić information content (AvgIpc) is 3.30. The molecule has 0 spiro atoms. The Kier molecular flexibility index (Phi) is 6.16. The van der Waals surface area contributed by atoms with Crippen LogP contribution in [0.1, 0.15) is 29.5 Å². The maximum Gasteiger partial charge on any atom is 0.225 e. The minimum atomic E-state index is -2.38. The van der Waals surface area contributed by atoms with Gasteiger partial charge < -0.3 is 8.98 Å². The first kappa shape index (κ1) is 19.7. The number of hydrogen-bond acceptors (Lipinski definition) is 3. The number of aromatic nitrogens is 1. The van der Waals surface area contributed by atoms with E-state index in [-0.39, 0.29) is 4.86 Å². The smallest absolute Gasteiger partial charge is 0.225 e. The molecule has 0 radical (unpaired) electrons. The highest BCUT2D eigenvalue weighted by molar-refractivity contribution is 7.74. The van der Waals surface area contributed by atoms with Gasteiger partial charge in [-0.2, -0.15) is 8.42 Å². The molecule has 0 saturated carbocycles. The van der Waals surface area contributed by atoms with Crippen LogP contribution in [0.15, 0.2) is 77.4 Å². The van der Waals surface area contributed by atoms with Crippen molar-refractivity contribution in [2.45, 2.75) is 27.3 Å². The van der Waals surface area contributed by atoms with E-state index < -0.39 is 10.3 Å². The van der Waals surface area contributed by atoms with Gasteiger partial charge in [-0.1, -0.05) is 54.1 Å². The van der Waals surface area contributed by atoms with Gasteiger partial charge in [-0.25, -0.2) is 0 Å². The van der Waals surface area contributed by atoms with Gasteiger partial charge in [0.05, 0.1) is 6.26 Å². The lowest BCUT2D eigenvalue weighted by Gasteiger charge is -2.04. The van der Waals surface area contributed by atoms with Crippen molar-refractivity contribution in [3.05, 3.63) is 95.6 Å². The highest BCUT2D eigenvalue weighted by Gasteiger charge is 2.21. The Morgan fingerprint density at radius 2 is 1.61 bits per heavy atom. The zero-order valence-corrected chi connectivity index (χ0v) is 17.0. The zero-order valence-electron chi connectivity index (χ0n) is 16.2. The van der Waals surface area contributed by atoms with Crippen molar-refractivity contribution in [1.82, 2.24) is 4.57 Å². The lowest BCUT2D eigenvalue weighted by Crippen LogP contribution is -2.06. The van der Waals surface area contributed by atoms with E-state index in [4.69, 9.17) is 4.42 Å². The number of hydrogen-bond donors (Lipinski definition) is 0. The van der Waals surface area contributed by atoms with Crippen molar-refractivity contribution in [2.75, 3.05) is 0 Å². The maximum absolute atomic E-state index is 11.8. The van der Waals surface area contributed by atoms with Crippen molar-refractivity contribution >= 4 is 26.1 Å². The number of rotatable bonds is 3. The fraction of sp³-hybridized carbons (Fsp3) is 0.174. The van der Waals surface area contributed by atoms with E-state index in [2.05, 4.69) is 23.6 Å². The first-order valence-electron chi connectivity index (χ1n) is 9.14. The van der Waals surface area contributed by atoms with Gasteiger partial charge in [-0.05, 0) is 39.0 Å². The van der Waals surface area contributed by atoms with Crippen LogP contribution in [0.25, 0.3) is 10.9 Å². The number of nitrogens with zero attached hydrogens (tertiary/aromatic N) is 1. The Hall–Kier alpha value is -3.05. The lowest BCUT2D eigenvalue weighted by atomic mass is 10.1. The topological polar surface area (TPSA) is 52.2 Å². The predicted octanol–water partition coefficient (Wildman–Crippen LogP) is 5.01. The summed E-state index contributed by atoms with van der Waals surface area (Å²) in [6.07, 6.45) is 1.48. The quantitative estimate of drug-likeness (QED) is 0.363. The van der Waals surface area contributed by atoms with Crippen molar-refractivity contribution in [2.24, 2.45) is 0 Å². The molecule has 0 fully saturated rings. The molecule has 2 heterocycles. The Morgan fingerprint density at radius 3 is 2.14 bits per heavy atom. The number of benzene rings is 2. The van der Waals surface area contributed by atoms with Crippen LogP contribution in [0.5, 0.6) is 0 Å². The minimum absolute atomic E-state index is 0.209. The molecule has 4 nitrogen and oxygen atoms in total. The number of aryl methyl sites for hydroxylation is 2. The average molecular weight is 394 g/mol. The standard InChI is InChI=1S/C16H15NO3S.C7H8/c1-3-17-11(2)15(12-7-4-5-8-13(12)17)16(21(18)19)14-9-6-10-20-14;1-7-5-3-2-4-6-7/h4-10H,3H2,1-2H3;2-6H,1H3. The highest BCUT2D eigenvalue weighted by atomic mass is 32.2. The van der Waals surface area contributed by atoms with Crippen LogP contribution < -0.4 is 0 Å². The molecule has 2 aromatic carbocycles. The minimum Gasteiger partial charge on any atom is -0.463 e. The molecule has 0 aliphatic carbocycles. The van der Waals surface area contributed by atoms with Crippen LogP contribution in [0.2, 0.25) is 0 Å². The molecule has 0 aliphatic rings. The third-order valence-electron chi connectivity index (χ3n) is 4.63. The summed E-state index contributed by atoms with van der Waals surface area (Å²) in [5.41, 5.74) is 3.99. The highest BCUT2D eigenvalue weighted by Crippen LogP contribution is 2.28. The second-order valence-corrected chi connectivity index (χ2v) is 7.30. The summed E-state index contributed by atoms with van der Waals surface area (Å²) in [7, 11) is -2.38. The molecule has 28 heavy (non-hydrogen) atoms. The van der Waals surface area contributed by atoms with Crippen molar-refractivity contribution in [3.63, 3.8) is 0 Å². The van der Waals surface area contributed by atoms with Crippen LogP contribution in [0, 0.1) is 13.8 Å². The van der Waals surface area contributed by atoms with E-state index in [1.165, 1.54) is 11.8 Å². The number of furan rings is 1. The van der Waals surface area contributed by atoms with Crippen LogP contribution in [0.3, 0.4) is 0 Å². The second-order valence-electron chi connectivity index (χ2n) is 6.42. The Morgan fingerprint density at radius 1 is 0.929 bits per heavy atom. The molecule has 0 bridgehead atoms. The molecule has 0 aliphatic heterocycles. The van der Waals surface area contributed by atoms with Crippen LogP contribution >= 0.6 is 0 Å². The summed E-state index contributed by atoms with van der Waals surface area (Å²) < 4.78 is 31.0. The van der Waals surface area contributed by atoms with E-state index in [0.717, 1.165) is 28.7 Å². The lowest BCUT2D eigenvalue weighted by molar-refractivity contribution is 0.559. The molecule has 144 valence electrons. The normalized spacial score (nSPS) is 10.4. The fourth-order valence-electron chi connectivity index (χ4n) is 3.36. The number of para-hydroxylation sites is 1. The van der Waals surface area contributed by atoms with Crippen LogP contribution in [0.4, 0.5) is 0 Å². The molecule has 0 N–H and O–H groups in total. The second kappa shape index (κ2) is 8.76. The largest absolute Gasteiger partial charge is 0.463 e. The van der Waals surface area contributed by atoms with Gasteiger partial charge in [0, 0.05) is 28.7 Å². The van der Waals surface area contributed by atoms with Gasteiger partial charge in [0.2, 0.25) is 10.3 Å². The Balaban J connectivity index is 0.000000271. The molecular weight excluding hydrogens is 370 g/mol. The maximum atomic E-state index is 11.8. The molecule has 2 aromatic heterocycles. The summed E-state index contributed by atoms with van der Waals surface area (Å²) in [6.45, 7) is 6.85. The molecular formula is C23H23NO3S. The van der Waals surface area contributed by atoms with E-state index in [1.807, 2.05) is 56.3 Å². The molecule has 0 amide bonds. The monoisotopic (exact) mass is 393 g/mol. The molecule has 4 aromatic rings. The fourth-order valence-corrected chi connectivity index (χ4v) is 4.06. The van der Waals surface area contributed by atoms with E-state index in [1.54, 1.807) is 12.1 Å². The van der Waals surface area contributed by atoms with Gasteiger partial charge >= 0.3 is 0 Å². The van der Waals surface area contributed by atoms with E-state index in [0.29, 0.717) is 5.76 Å². The first-order chi connectivity index (χ1) is 13.5. The number of fused-ring (bicyclic) bond motifs is 1. The summed E-state index contributed by atoms with van der Waals surface area (Å²) in [5, 5.41) is 0.924. The van der Waals surface area contributed by atoms with Crippen molar-refractivity contribution in [1.29, 1.82) is 0 Å². The van der Waals surface area contributed by atoms with Gasteiger partial charge in [0.1, 0.15) is 10.6 Å². The summed E-state index contributed by atoms with van der Waals surface area (Å²) in [5.74, 6) is 0.366. The molecule has 4 rings (SSSR count). The van der Waals surface area contributed by atoms with E-state index >= 15 is 0 Å². The van der Waals surface area contributed by atoms with E-state index in [9.17, 15) is 8.42 Å².